The normalized spacial score (nSPS) is 22.8. The van der Waals surface area contributed by atoms with Crippen LogP contribution in [0.3, 0.4) is 0 Å². The van der Waals surface area contributed by atoms with E-state index in [1.807, 2.05) is 6.08 Å². The van der Waals surface area contributed by atoms with E-state index in [1.165, 1.54) is 12.7 Å². The Labute approximate surface area is 109 Å². The maximum Gasteiger partial charge on any atom is 0.247 e. The summed E-state index contributed by atoms with van der Waals surface area (Å²) in [4.78, 5) is 28.1. The number of piperazine rings is 1. The summed E-state index contributed by atoms with van der Waals surface area (Å²) in [6, 6.07) is -0.440. The van der Waals surface area contributed by atoms with Gasteiger partial charge in [0.05, 0.1) is 12.3 Å². The van der Waals surface area contributed by atoms with Gasteiger partial charge in [0, 0.05) is 17.8 Å². The zero-order valence-electron chi connectivity index (χ0n) is 10.1. The maximum atomic E-state index is 11.8. The minimum Gasteiger partial charge on any atom is -0.327 e. The van der Waals surface area contributed by atoms with Crippen molar-refractivity contribution in [3.05, 3.63) is 36.8 Å². The van der Waals surface area contributed by atoms with E-state index in [0.29, 0.717) is 30.3 Å². The molecule has 1 atom stereocenters. The molecule has 1 unspecified atom stereocenters. The fourth-order valence-corrected chi connectivity index (χ4v) is 2.01. The van der Waals surface area contributed by atoms with E-state index >= 15 is 0 Å². The molecule has 7 nitrogen and oxygen atoms in total. The Morgan fingerprint density at radius 1 is 1.32 bits per heavy atom. The number of hydrogen-bond acceptors (Lipinski definition) is 6. The van der Waals surface area contributed by atoms with Crippen molar-refractivity contribution in [2.75, 3.05) is 13.1 Å². The highest BCUT2D eigenvalue weighted by molar-refractivity contribution is 6.18. The van der Waals surface area contributed by atoms with Crippen LogP contribution in [-0.4, -0.2) is 45.7 Å². The van der Waals surface area contributed by atoms with E-state index in [-0.39, 0.29) is 5.91 Å². The lowest BCUT2D eigenvalue weighted by Gasteiger charge is -2.24. The third kappa shape index (κ3) is 2.27. The summed E-state index contributed by atoms with van der Waals surface area (Å²) in [6.07, 6.45) is 4.73. The van der Waals surface area contributed by atoms with Crippen LogP contribution in [0.5, 0.6) is 0 Å². The van der Waals surface area contributed by atoms with Crippen molar-refractivity contribution in [1.82, 2.24) is 25.6 Å². The van der Waals surface area contributed by atoms with Gasteiger partial charge < -0.3 is 5.32 Å². The van der Waals surface area contributed by atoms with Crippen LogP contribution < -0.4 is 10.6 Å². The van der Waals surface area contributed by atoms with Crippen LogP contribution in [-0.2, 0) is 4.79 Å². The first-order chi connectivity index (χ1) is 9.24. The minimum absolute atomic E-state index is 0.136. The van der Waals surface area contributed by atoms with Crippen LogP contribution in [0.1, 0.15) is 5.82 Å². The van der Waals surface area contributed by atoms with E-state index in [2.05, 4.69) is 37.2 Å². The third-order valence-electron chi connectivity index (χ3n) is 2.91. The Kier molecular flexibility index (Phi) is 2.88. The second kappa shape index (κ2) is 4.69. The zero-order chi connectivity index (χ0) is 13.2. The largest absolute Gasteiger partial charge is 0.327 e. The molecule has 2 N–H and O–H groups in total. The maximum absolute atomic E-state index is 11.8. The lowest BCUT2D eigenvalue weighted by Crippen LogP contribution is -2.54. The molecule has 0 aliphatic carbocycles. The molecule has 0 aromatic carbocycles. The first-order valence-corrected chi connectivity index (χ1v) is 5.83. The molecule has 1 amide bonds. The average molecular weight is 256 g/mol. The Morgan fingerprint density at radius 2 is 2.11 bits per heavy atom. The number of nitrogens with one attached hydrogen (secondary N) is 2. The van der Waals surface area contributed by atoms with Gasteiger partial charge >= 0.3 is 0 Å². The Morgan fingerprint density at radius 3 is 2.84 bits per heavy atom. The van der Waals surface area contributed by atoms with Crippen LogP contribution in [0.2, 0.25) is 0 Å². The van der Waals surface area contributed by atoms with Gasteiger partial charge in [0.25, 0.3) is 0 Å². The fraction of sp³-hybridized carbons (Fsp3) is 0.250. The van der Waals surface area contributed by atoms with Gasteiger partial charge in [0.2, 0.25) is 5.91 Å². The van der Waals surface area contributed by atoms with Gasteiger partial charge in [-0.25, -0.2) is 15.0 Å². The highest BCUT2D eigenvalue weighted by Crippen LogP contribution is 2.17. The highest BCUT2D eigenvalue weighted by atomic mass is 16.2. The van der Waals surface area contributed by atoms with Crippen molar-refractivity contribution < 1.29 is 4.79 Å². The molecule has 3 heterocycles. The van der Waals surface area contributed by atoms with Crippen molar-refractivity contribution >= 4 is 17.2 Å². The molecule has 1 aromatic rings. The lowest BCUT2D eigenvalue weighted by molar-refractivity contribution is -0.121. The van der Waals surface area contributed by atoms with Crippen LogP contribution in [0.25, 0.3) is 5.57 Å². The monoisotopic (exact) mass is 256 g/mol. The van der Waals surface area contributed by atoms with E-state index in [4.69, 9.17) is 0 Å². The summed E-state index contributed by atoms with van der Waals surface area (Å²) in [5, 5.41) is 5.81. The topological polar surface area (TPSA) is 92.2 Å². The molecule has 96 valence electrons. The van der Waals surface area contributed by atoms with E-state index < -0.39 is 6.04 Å². The molecular weight excluding hydrogens is 244 g/mol. The Hall–Kier alpha value is -2.41. The molecule has 0 radical (unpaired) electrons. The molecule has 19 heavy (non-hydrogen) atoms. The molecule has 1 aromatic heterocycles. The number of aromatic nitrogens is 3. The van der Waals surface area contributed by atoms with Crippen LogP contribution in [0, 0.1) is 0 Å². The van der Waals surface area contributed by atoms with Gasteiger partial charge in [-0.15, -0.1) is 0 Å². The lowest BCUT2D eigenvalue weighted by atomic mass is 10.1. The minimum atomic E-state index is -0.440. The third-order valence-corrected chi connectivity index (χ3v) is 2.91. The quantitative estimate of drug-likeness (QED) is 0.731. The van der Waals surface area contributed by atoms with Gasteiger partial charge in [0.15, 0.2) is 5.82 Å². The number of rotatable bonds is 2. The Bertz CT molecular complexity index is 591. The van der Waals surface area contributed by atoms with Crippen LogP contribution in [0.4, 0.5) is 0 Å². The molecule has 1 fully saturated rings. The molecule has 3 rings (SSSR count). The average Bonchev–Trinajstić information content (AvgIpc) is 2.89. The molecule has 2 aliphatic heterocycles. The van der Waals surface area contributed by atoms with Crippen LogP contribution >= 0.6 is 0 Å². The SMILES string of the molecule is C=C1CNC(C2=NCC(c3ncncn3)=C2)C(=O)N1. The fourth-order valence-electron chi connectivity index (χ4n) is 2.01. The van der Waals surface area contributed by atoms with Crippen LogP contribution in [0.15, 0.2) is 36.0 Å². The second-order valence-electron chi connectivity index (χ2n) is 4.28. The first kappa shape index (κ1) is 11.7. The number of hydrogen-bond donors (Lipinski definition) is 2. The summed E-state index contributed by atoms with van der Waals surface area (Å²) in [6.45, 7) is 4.74. The summed E-state index contributed by atoms with van der Waals surface area (Å²) < 4.78 is 0. The van der Waals surface area contributed by atoms with Gasteiger partial charge in [0.1, 0.15) is 18.7 Å². The van der Waals surface area contributed by atoms with Gasteiger partial charge in [-0.05, 0) is 6.08 Å². The van der Waals surface area contributed by atoms with E-state index in [1.54, 1.807) is 0 Å². The molecule has 0 saturated carbocycles. The number of aliphatic imine (C=N–C) groups is 1. The molecule has 1 saturated heterocycles. The predicted molar refractivity (Wildman–Crippen MR) is 69.2 cm³/mol. The van der Waals surface area contributed by atoms with Crippen molar-refractivity contribution in [1.29, 1.82) is 0 Å². The summed E-state index contributed by atoms with van der Waals surface area (Å²) in [5.74, 6) is 0.456. The van der Waals surface area contributed by atoms with Gasteiger partial charge in [-0.3, -0.25) is 15.1 Å². The molecule has 2 aliphatic rings. The number of nitrogens with zero attached hydrogens (tertiary/aromatic N) is 4. The highest BCUT2D eigenvalue weighted by Gasteiger charge is 2.29. The predicted octanol–water partition coefficient (Wildman–Crippen LogP) is -0.689. The molecule has 0 bridgehead atoms. The van der Waals surface area contributed by atoms with Gasteiger partial charge in [-0.1, -0.05) is 6.58 Å². The van der Waals surface area contributed by atoms with Crippen molar-refractivity contribution in [3.63, 3.8) is 0 Å². The van der Waals surface area contributed by atoms with Crippen molar-refractivity contribution in [2.45, 2.75) is 6.04 Å². The molecule has 7 heteroatoms. The molecule has 0 spiro atoms. The van der Waals surface area contributed by atoms with E-state index in [9.17, 15) is 4.79 Å². The molecular formula is C12H12N6O. The summed E-state index contributed by atoms with van der Waals surface area (Å²) in [5.41, 5.74) is 2.25. The standard InChI is InChI=1S/C12H12N6O/c1-7-3-15-10(12(19)18-7)9-2-8(4-14-9)11-16-5-13-6-17-11/h2,5-6,10,15H,1,3-4H2,(H,18,19). The van der Waals surface area contributed by atoms with Gasteiger partial charge in [-0.2, -0.15) is 0 Å². The zero-order valence-corrected chi connectivity index (χ0v) is 10.1. The number of amides is 1. The first-order valence-electron chi connectivity index (χ1n) is 5.83. The smallest absolute Gasteiger partial charge is 0.247 e. The second-order valence-corrected chi connectivity index (χ2v) is 4.28. The van der Waals surface area contributed by atoms with E-state index in [0.717, 1.165) is 5.57 Å². The Balaban J connectivity index is 1.79. The number of carbonyl (C=O) groups excluding carboxylic acids is 1. The summed E-state index contributed by atoms with van der Waals surface area (Å²) in [7, 11) is 0. The summed E-state index contributed by atoms with van der Waals surface area (Å²) >= 11 is 0. The van der Waals surface area contributed by atoms with Crippen molar-refractivity contribution in [2.24, 2.45) is 4.99 Å². The van der Waals surface area contributed by atoms with Crippen molar-refractivity contribution in [3.8, 4) is 0 Å². The number of carbonyl (C=O) groups is 1.